The van der Waals surface area contributed by atoms with Crippen LogP contribution in [-0.2, 0) is 11.3 Å². The molecular formula is C19H23N5O. The number of nitrogens with zero attached hydrogens (tertiary/aromatic N) is 5. The Labute approximate surface area is 147 Å². The van der Waals surface area contributed by atoms with E-state index >= 15 is 0 Å². The molecule has 1 atom stereocenters. The highest BCUT2D eigenvalue weighted by molar-refractivity contribution is 5.76. The number of aromatic nitrogens is 4. The highest BCUT2D eigenvalue weighted by Gasteiger charge is 2.16. The number of carbonyl (C=O) groups is 1. The Morgan fingerprint density at radius 2 is 2.04 bits per heavy atom. The molecule has 6 nitrogen and oxygen atoms in total. The van der Waals surface area contributed by atoms with Crippen molar-refractivity contribution >= 4 is 5.91 Å². The van der Waals surface area contributed by atoms with Crippen molar-refractivity contribution in [3.63, 3.8) is 0 Å². The van der Waals surface area contributed by atoms with Gasteiger partial charge in [-0.3, -0.25) is 4.79 Å². The van der Waals surface area contributed by atoms with Crippen LogP contribution in [0.25, 0.3) is 5.69 Å². The van der Waals surface area contributed by atoms with E-state index in [9.17, 15) is 4.79 Å². The van der Waals surface area contributed by atoms with Crippen molar-refractivity contribution in [2.24, 2.45) is 0 Å². The Bertz CT molecular complexity index is 836. The van der Waals surface area contributed by atoms with Gasteiger partial charge in [0.2, 0.25) is 5.91 Å². The van der Waals surface area contributed by atoms with Crippen LogP contribution in [0.4, 0.5) is 0 Å². The van der Waals surface area contributed by atoms with Crippen LogP contribution in [0.3, 0.4) is 0 Å². The number of hydrogen-bond donors (Lipinski definition) is 0. The molecule has 130 valence electrons. The highest BCUT2D eigenvalue weighted by atomic mass is 16.2. The smallest absolute Gasteiger partial charge is 0.224 e. The van der Waals surface area contributed by atoms with Crippen LogP contribution in [0.15, 0.2) is 55.1 Å². The van der Waals surface area contributed by atoms with Gasteiger partial charge in [-0.05, 0) is 26.0 Å². The summed E-state index contributed by atoms with van der Waals surface area (Å²) in [5.41, 5.74) is 2.01. The molecule has 6 heteroatoms. The van der Waals surface area contributed by atoms with Crippen LogP contribution < -0.4 is 0 Å². The van der Waals surface area contributed by atoms with Gasteiger partial charge < -0.3 is 9.47 Å². The molecule has 0 saturated heterocycles. The lowest BCUT2D eigenvalue weighted by molar-refractivity contribution is -0.131. The van der Waals surface area contributed by atoms with Crippen LogP contribution in [-0.4, -0.2) is 37.2 Å². The molecule has 0 aliphatic heterocycles. The van der Waals surface area contributed by atoms with Crippen molar-refractivity contribution in [3.05, 3.63) is 66.5 Å². The Kier molecular flexibility index (Phi) is 4.97. The van der Waals surface area contributed by atoms with Gasteiger partial charge in [0.05, 0.1) is 11.9 Å². The fraction of sp³-hybridized carbons (Fsp3) is 0.316. The van der Waals surface area contributed by atoms with Crippen LogP contribution >= 0.6 is 0 Å². The van der Waals surface area contributed by atoms with Crippen molar-refractivity contribution in [2.45, 2.75) is 32.9 Å². The SMILES string of the molecule is Cc1nccn1C(C)CC(=O)N(C)Cc1cnn(-c2ccccc2)c1. The third-order valence-electron chi connectivity index (χ3n) is 4.31. The van der Waals surface area contributed by atoms with E-state index in [-0.39, 0.29) is 11.9 Å². The lowest BCUT2D eigenvalue weighted by atomic mass is 10.2. The van der Waals surface area contributed by atoms with E-state index < -0.39 is 0 Å². The van der Waals surface area contributed by atoms with E-state index in [0.717, 1.165) is 17.1 Å². The Balaban J connectivity index is 1.60. The first kappa shape index (κ1) is 17.0. The summed E-state index contributed by atoms with van der Waals surface area (Å²) in [6, 6.07) is 10.0. The van der Waals surface area contributed by atoms with E-state index in [1.54, 1.807) is 17.3 Å². The topological polar surface area (TPSA) is 56.0 Å². The summed E-state index contributed by atoms with van der Waals surface area (Å²) in [5, 5.41) is 4.38. The molecule has 2 heterocycles. The fourth-order valence-corrected chi connectivity index (χ4v) is 2.89. The number of carbonyl (C=O) groups excluding carboxylic acids is 1. The molecule has 0 saturated carbocycles. The number of amides is 1. The van der Waals surface area contributed by atoms with E-state index in [1.165, 1.54) is 0 Å². The van der Waals surface area contributed by atoms with Gasteiger partial charge in [0, 0.05) is 50.2 Å². The molecule has 0 fully saturated rings. The first-order chi connectivity index (χ1) is 12.0. The summed E-state index contributed by atoms with van der Waals surface area (Å²) >= 11 is 0. The lowest BCUT2D eigenvalue weighted by Crippen LogP contribution is -2.28. The minimum atomic E-state index is 0.0875. The van der Waals surface area contributed by atoms with Gasteiger partial charge in [0.15, 0.2) is 0 Å². The minimum Gasteiger partial charge on any atom is -0.341 e. The number of aryl methyl sites for hydroxylation is 1. The maximum Gasteiger partial charge on any atom is 0.224 e. The number of para-hydroxylation sites is 1. The molecular weight excluding hydrogens is 314 g/mol. The molecule has 0 bridgehead atoms. The molecule has 0 aliphatic rings. The molecule has 0 aliphatic carbocycles. The number of hydrogen-bond acceptors (Lipinski definition) is 3. The molecule has 2 aromatic heterocycles. The van der Waals surface area contributed by atoms with E-state index in [2.05, 4.69) is 10.1 Å². The lowest BCUT2D eigenvalue weighted by Gasteiger charge is -2.20. The van der Waals surface area contributed by atoms with Gasteiger partial charge >= 0.3 is 0 Å². The van der Waals surface area contributed by atoms with Gasteiger partial charge in [0.1, 0.15) is 5.82 Å². The van der Waals surface area contributed by atoms with Gasteiger partial charge in [-0.2, -0.15) is 5.10 Å². The summed E-state index contributed by atoms with van der Waals surface area (Å²) in [6.07, 6.45) is 7.89. The standard InChI is InChI=1S/C19H23N5O/c1-15(23-10-9-20-16(23)2)11-19(25)22(3)13-17-12-21-24(14-17)18-7-5-4-6-8-18/h4-10,12,14-15H,11,13H2,1-3H3. The van der Waals surface area contributed by atoms with Crippen molar-refractivity contribution in [1.29, 1.82) is 0 Å². The van der Waals surface area contributed by atoms with Gasteiger partial charge in [-0.1, -0.05) is 18.2 Å². The average Bonchev–Trinajstić information content (AvgIpc) is 3.24. The first-order valence-corrected chi connectivity index (χ1v) is 8.37. The van der Waals surface area contributed by atoms with Gasteiger partial charge in [-0.15, -0.1) is 0 Å². The first-order valence-electron chi connectivity index (χ1n) is 8.37. The van der Waals surface area contributed by atoms with Crippen molar-refractivity contribution in [3.8, 4) is 5.69 Å². The molecule has 25 heavy (non-hydrogen) atoms. The monoisotopic (exact) mass is 337 g/mol. The van der Waals surface area contributed by atoms with Crippen LogP contribution in [0, 0.1) is 6.92 Å². The van der Waals surface area contributed by atoms with Crippen molar-refractivity contribution in [1.82, 2.24) is 24.2 Å². The molecule has 0 N–H and O–H groups in total. The second-order valence-corrected chi connectivity index (χ2v) is 6.31. The summed E-state index contributed by atoms with van der Waals surface area (Å²) in [5.74, 6) is 1.03. The third-order valence-corrected chi connectivity index (χ3v) is 4.31. The summed E-state index contributed by atoms with van der Waals surface area (Å²) in [7, 11) is 1.83. The fourth-order valence-electron chi connectivity index (χ4n) is 2.89. The van der Waals surface area contributed by atoms with Crippen LogP contribution in [0.1, 0.15) is 30.8 Å². The number of rotatable bonds is 6. The second kappa shape index (κ2) is 7.34. The van der Waals surface area contributed by atoms with E-state index in [1.807, 2.05) is 72.9 Å². The van der Waals surface area contributed by atoms with Crippen LogP contribution in [0.5, 0.6) is 0 Å². The minimum absolute atomic E-state index is 0.0875. The maximum absolute atomic E-state index is 12.5. The molecule has 3 rings (SSSR count). The summed E-state index contributed by atoms with van der Waals surface area (Å²) in [6.45, 7) is 4.53. The van der Waals surface area contributed by atoms with E-state index in [4.69, 9.17) is 0 Å². The highest BCUT2D eigenvalue weighted by Crippen LogP contribution is 2.15. The zero-order valence-electron chi connectivity index (χ0n) is 14.8. The Hall–Kier alpha value is -2.89. The van der Waals surface area contributed by atoms with Crippen molar-refractivity contribution in [2.75, 3.05) is 7.05 Å². The number of benzene rings is 1. The average molecular weight is 337 g/mol. The zero-order chi connectivity index (χ0) is 17.8. The zero-order valence-corrected chi connectivity index (χ0v) is 14.8. The normalized spacial score (nSPS) is 12.1. The third kappa shape index (κ3) is 3.96. The molecule has 0 spiro atoms. The predicted octanol–water partition coefficient (Wildman–Crippen LogP) is 2.99. The van der Waals surface area contributed by atoms with Crippen LogP contribution in [0.2, 0.25) is 0 Å². The summed E-state index contributed by atoms with van der Waals surface area (Å²) in [4.78, 5) is 18.5. The molecule has 3 aromatic rings. The van der Waals surface area contributed by atoms with Gasteiger partial charge in [0.25, 0.3) is 0 Å². The Morgan fingerprint density at radius 3 is 2.72 bits per heavy atom. The summed E-state index contributed by atoms with van der Waals surface area (Å²) < 4.78 is 3.85. The van der Waals surface area contributed by atoms with Gasteiger partial charge in [-0.25, -0.2) is 9.67 Å². The maximum atomic E-state index is 12.5. The second-order valence-electron chi connectivity index (χ2n) is 6.31. The molecule has 0 radical (unpaired) electrons. The molecule has 1 unspecified atom stereocenters. The Morgan fingerprint density at radius 1 is 1.28 bits per heavy atom. The predicted molar refractivity (Wildman–Crippen MR) is 96.3 cm³/mol. The van der Waals surface area contributed by atoms with Crippen molar-refractivity contribution < 1.29 is 4.79 Å². The largest absolute Gasteiger partial charge is 0.341 e. The van der Waals surface area contributed by atoms with E-state index in [0.29, 0.717) is 13.0 Å². The number of imidazole rings is 1. The molecule has 1 aromatic carbocycles. The quantitative estimate of drug-likeness (QED) is 0.695. The molecule has 1 amide bonds.